The van der Waals surface area contributed by atoms with E-state index in [4.69, 9.17) is 4.74 Å². The molecule has 3 aromatic heterocycles. The predicted molar refractivity (Wildman–Crippen MR) is 183 cm³/mol. The number of nitrogens with one attached hydrogen (secondary N) is 3. The first-order valence-corrected chi connectivity index (χ1v) is 17.2. The van der Waals surface area contributed by atoms with Crippen LogP contribution in [0.5, 0.6) is 0 Å². The first-order chi connectivity index (χ1) is 22.9. The van der Waals surface area contributed by atoms with Crippen LogP contribution < -0.4 is 16.0 Å². The van der Waals surface area contributed by atoms with Crippen LogP contribution >= 0.6 is 0 Å². The van der Waals surface area contributed by atoms with Gasteiger partial charge in [0.1, 0.15) is 17.7 Å². The van der Waals surface area contributed by atoms with Crippen molar-refractivity contribution in [3.8, 4) is 11.3 Å². The Morgan fingerprint density at radius 1 is 0.875 bits per heavy atom. The van der Waals surface area contributed by atoms with Crippen molar-refractivity contribution in [1.82, 2.24) is 24.2 Å². The molecule has 13 heteroatoms. The molecular formula is C35H37N7O5S. The maximum Gasteiger partial charge on any atom is 0.407 e. The highest BCUT2D eigenvalue weighted by Crippen LogP contribution is 2.29. The van der Waals surface area contributed by atoms with E-state index in [0.717, 1.165) is 5.69 Å². The molecule has 12 nitrogen and oxygen atoms in total. The number of aromatic nitrogens is 4. The van der Waals surface area contributed by atoms with E-state index in [1.807, 2.05) is 51.1 Å². The van der Waals surface area contributed by atoms with E-state index in [1.165, 1.54) is 16.5 Å². The van der Waals surface area contributed by atoms with Gasteiger partial charge in [0.15, 0.2) is 5.65 Å². The molecule has 0 saturated heterocycles. The average Bonchev–Trinajstić information content (AvgIpc) is 3.49. The summed E-state index contributed by atoms with van der Waals surface area (Å²) in [5, 5.41) is 9.85. The zero-order chi connectivity index (χ0) is 33.9. The van der Waals surface area contributed by atoms with Gasteiger partial charge in [-0.15, -0.1) is 0 Å². The largest absolute Gasteiger partial charge is 0.444 e. The average molecular weight is 668 g/mol. The van der Waals surface area contributed by atoms with Crippen molar-refractivity contribution >= 4 is 50.2 Å². The molecule has 0 spiro atoms. The molecule has 2 amide bonds. The Kier molecular flexibility index (Phi) is 9.13. The summed E-state index contributed by atoms with van der Waals surface area (Å²) in [5.41, 5.74) is 2.43. The molecule has 1 aliphatic rings. The van der Waals surface area contributed by atoms with Crippen molar-refractivity contribution < 1.29 is 22.7 Å². The number of amides is 2. The first kappa shape index (κ1) is 32.6. The van der Waals surface area contributed by atoms with E-state index in [9.17, 15) is 18.0 Å². The van der Waals surface area contributed by atoms with Crippen molar-refractivity contribution in [3.05, 3.63) is 91.5 Å². The maximum absolute atomic E-state index is 13.2. The molecule has 0 unspecified atom stereocenters. The summed E-state index contributed by atoms with van der Waals surface area (Å²) in [6.45, 7) is 5.48. The highest BCUT2D eigenvalue weighted by atomic mass is 32.2. The second-order valence-corrected chi connectivity index (χ2v) is 14.6. The third-order valence-corrected chi connectivity index (χ3v) is 9.66. The van der Waals surface area contributed by atoms with Gasteiger partial charge in [0, 0.05) is 52.7 Å². The predicted octanol–water partition coefficient (Wildman–Crippen LogP) is 6.50. The van der Waals surface area contributed by atoms with Crippen molar-refractivity contribution in [3.63, 3.8) is 0 Å². The second-order valence-electron chi connectivity index (χ2n) is 12.7. The van der Waals surface area contributed by atoms with Gasteiger partial charge in [0.25, 0.3) is 10.0 Å². The number of benzene rings is 2. The molecule has 6 rings (SSSR count). The monoisotopic (exact) mass is 667 g/mol. The number of anilines is 3. The van der Waals surface area contributed by atoms with E-state index < -0.39 is 21.7 Å². The molecule has 0 atom stereocenters. The van der Waals surface area contributed by atoms with Gasteiger partial charge >= 0.3 is 6.09 Å². The number of rotatable bonds is 8. The van der Waals surface area contributed by atoms with Crippen LogP contribution in [-0.2, 0) is 19.6 Å². The van der Waals surface area contributed by atoms with Crippen LogP contribution in [-0.4, -0.2) is 51.0 Å². The number of pyridine rings is 1. The minimum Gasteiger partial charge on any atom is -0.444 e. The molecule has 1 aliphatic carbocycles. The highest BCUT2D eigenvalue weighted by Gasteiger charge is 2.28. The van der Waals surface area contributed by atoms with Crippen molar-refractivity contribution in [1.29, 1.82) is 0 Å². The maximum atomic E-state index is 13.2. The number of nitrogens with zero attached hydrogens (tertiary/aromatic N) is 4. The molecular weight excluding hydrogens is 630 g/mol. The molecule has 3 N–H and O–H groups in total. The van der Waals surface area contributed by atoms with Crippen LogP contribution in [0, 0.1) is 5.92 Å². The molecule has 0 radical (unpaired) electrons. The molecule has 1 saturated carbocycles. The lowest BCUT2D eigenvalue weighted by Gasteiger charge is -2.29. The van der Waals surface area contributed by atoms with Crippen LogP contribution in [0.25, 0.3) is 22.3 Å². The van der Waals surface area contributed by atoms with Crippen LogP contribution in [0.15, 0.2) is 96.4 Å². The van der Waals surface area contributed by atoms with Gasteiger partial charge in [0.05, 0.1) is 10.6 Å². The van der Waals surface area contributed by atoms with Crippen LogP contribution in [0.2, 0.25) is 0 Å². The number of ether oxygens (including phenoxy) is 1. The van der Waals surface area contributed by atoms with Crippen molar-refractivity contribution in [2.24, 2.45) is 5.92 Å². The Hall–Kier alpha value is -5.30. The number of alkyl carbamates (subject to hydrolysis) is 1. The Bertz CT molecular complexity index is 2050. The molecule has 5 aromatic rings. The fourth-order valence-corrected chi connectivity index (χ4v) is 6.99. The molecule has 2 aromatic carbocycles. The number of fused-ring (bicyclic) bond motifs is 1. The smallest absolute Gasteiger partial charge is 0.407 e. The number of hydrogen-bond acceptors (Lipinski definition) is 9. The van der Waals surface area contributed by atoms with Crippen LogP contribution in [0.4, 0.5) is 22.0 Å². The summed E-state index contributed by atoms with van der Waals surface area (Å²) in [4.78, 5) is 38.6. The summed E-state index contributed by atoms with van der Waals surface area (Å²) < 4.78 is 32.9. The van der Waals surface area contributed by atoms with E-state index in [2.05, 4.69) is 30.9 Å². The van der Waals surface area contributed by atoms with E-state index in [-0.39, 0.29) is 22.8 Å². The molecule has 248 valence electrons. The van der Waals surface area contributed by atoms with Gasteiger partial charge in [-0.3, -0.25) is 4.79 Å². The van der Waals surface area contributed by atoms with Crippen LogP contribution in [0.1, 0.15) is 46.5 Å². The van der Waals surface area contributed by atoms with Crippen molar-refractivity contribution in [2.75, 3.05) is 10.6 Å². The van der Waals surface area contributed by atoms with Gasteiger partial charge in [-0.05, 0) is 88.9 Å². The normalized spacial score (nSPS) is 16.6. The molecule has 0 bridgehead atoms. The standard InChI is InChI=1S/C35H37N7O5S/c1-35(2,3)47-34(44)41-26-14-12-23(13-15-26)33(43)40-28-9-7-8-27(19-28)39-31-20-30(37-22-38-31)25-18-24-16-17-42(32(24)36-21-25)48(45,46)29-10-5-4-6-11-29/h4-11,16-23,26H,12-15H2,1-3H3,(H,40,43)(H,41,44)(H,37,38,39). The van der Waals surface area contributed by atoms with Gasteiger partial charge < -0.3 is 20.7 Å². The fraction of sp³-hybridized carbons (Fsp3) is 0.286. The van der Waals surface area contributed by atoms with Crippen molar-refractivity contribution in [2.45, 2.75) is 63.0 Å². The van der Waals surface area contributed by atoms with Gasteiger partial charge in [-0.25, -0.2) is 32.1 Å². The third kappa shape index (κ3) is 7.63. The zero-order valence-electron chi connectivity index (χ0n) is 26.9. The lowest BCUT2D eigenvalue weighted by Crippen LogP contribution is -2.42. The zero-order valence-corrected chi connectivity index (χ0v) is 27.7. The minimum absolute atomic E-state index is 0.0105. The Labute approximate surface area is 279 Å². The lowest BCUT2D eigenvalue weighted by atomic mass is 9.85. The number of carbonyl (C=O) groups excluding carboxylic acids is 2. The highest BCUT2D eigenvalue weighted by molar-refractivity contribution is 7.90. The number of hydrogen-bond donors (Lipinski definition) is 3. The van der Waals surface area contributed by atoms with E-state index in [0.29, 0.717) is 59.5 Å². The summed E-state index contributed by atoms with van der Waals surface area (Å²) in [6, 6.07) is 20.9. The summed E-state index contributed by atoms with van der Waals surface area (Å²) >= 11 is 0. The molecule has 48 heavy (non-hydrogen) atoms. The number of carbonyl (C=O) groups is 2. The topological polar surface area (TPSA) is 157 Å². The Morgan fingerprint density at radius 2 is 1.62 bits per heavy atom. The van der Waals surface area contributed by atoms with Gasteiger partial charge in [-0.2, -0.15) is 0 Å². The minimum atomic E-state index is -3.80. The Balaban J connectivity index is 1.09. The van der Waals surface area contributed by atoms with Gasteiger partial charge in [0.2, 0.25) is 5.91 Å². The molecule has 1 fully saturated rings. The van der Waals surface area contributed by atoms with E-state index in [1.54, 1.807) is 48.7 Å². The second kappa shape index (κ2) is 13.4. The quantitative estimate of drug-likeness (QED) is 0.168. The fourth-order valence-electron chi connectivity index (χ4n) is 5.66. The Morgan fingerprint density at radius 3 is 2.38 bits per heavy atom. The first-order valence-electron chi connectivity index (χ1n) is 15.7. The van der Waals surface area contributed by atoms with E-state index >= 15 is 0 Å². The summed E-state index contributed by atoms with van der Waals surface area (Å²) in [6.07, 6.45) is 6.84. The van der Waals surface area contributed by atoms with Crippen LogP contribution in [0.3, 0.4) is 0 Å². The van der Waals surface area contributed by atoms with Gasteiger partial charge in [-0.1, -0.05) is 24.3 Å². The molecule has 3 heterocycles. The summed E-state index contributed by atoms with van der Waals surface area (Å²) in [7, 11) is -3.80. The SMILES string of the molecule is CC(C)(C)OC(=O)NC1CCC(C(=O)Nc2cccc(Nc3cc(-c4cnc5c(ccn5S(=O)(=O)c5ccccc5)c4)ncn3)c2)CC1. The lowest BCUT2D eigenvalue weighted by molar-refractivity contribution is -0.120. The third-order valence-electron chi connectivity index (χ3n) is 7.98. The summed E-state index contributed by atoms with van der Waals surface area (Å²) in [5.74, 6) is 0.327. The molecule has 0 aliphatic heterocycles.